The number of hydrogen-bond donors (Lipinski definition) is 0. The minimum absolute atomic E-state index is 0.0209. The van der Waals surface area contributed by atoms with E-state index in [0.29, 0.717) is 17.9 Å². The topological polar surface area (TPSA) is 46.9 Å². The van der Waals surface area contributed by atoms with Crippen LogP contribution in [0.4, 0.5) is 0 Å². The maximum absolute atomic E-state index is 13.8. The molecule has 215 valence electrons. The van der Waals surface area contributed by atoms with Crippen molar-refractivity contribution in [2.75, 3.05) is 26.2 Å². The van der Waals surface area contributed by atoms with Gasteiger partial charge in [0, 0.05) is 43.1 Å². The van der Waals surface area contributed by atoms with Crippen LogP contribution in [-0.2, 0) is 4.43 Å². The molecule has 2 aromatic rings. The first-order valence-electron chi connectivity index (χ1n) is 15.3. The van der Waals surface area contributed by atoms with Crippen LogP contribution in [0, 0.1) is 17.3 Å². The molecule has 1 aromatic heterocycles. The van der Waals surface area contributed by atoms with Crippen molar-refractivity contribution < 1.29 is 14.0 Å². The molecule has 0 bridgehead atoms. The maximum Gasteiger partial charge on any atom is 0.270 e. The number of rotatable bonds is 10. The van der Waals surface area contributed by atoms with Gasteiger partial charge in [-0.15, -0.1) is 0 Å². The standard InChI is InChI=1S/C32H50N3O3Si/c1-21(2)32(5,6)30(38-39(7)8)29-20-34(19-23-9-10-23)31(36)28-18-24-17-26(11-12-27(24)35(28)29)37-25-13-15-33(16-14-25)22(3)4/h11-12,17-18,21-23,25,29-30H,9-10,13-16,19-20H2,1-8H3/t29-,30?/m0/s1. The molecular weight excluding hydrogens is 502 g/mol. The van der Waals surface area contributed by atoms with Gasteiger partial charge in [0.2, 0.25) is 9.04 Å². The molecule has 2 fully saturated rings. The Morgan fingerprint density at radius 2 is 1.72 bits per heavy atom. The number of aromatic nitrogens is 1. The lowest BCUT2D eigenvalue weighted by molar-refractivity contribution is -0.0167. The minimum Gasteiger partial charge on any atom is -0.490 e. The minimum atomic E-state index is -0.948. The Morgan fingerprint density at radius 3 is 2.31 bits per heavy atom. The number of likely N-dealkylation sites (tertiary alicyclic amines) is 1. The van der Waals surface area contributed by atoms with Crippen LogP contribution in [0.15, 0.2) is 24.3 Å². The third-order valence-corrected chi connectivity index (χ3v) is 10.4. The average molecular weight is 553 g/mol. The Kier molecular flexibility index (Phi) is 8.25. The molecule has 2 atom stereocenters. The molecule has 0 spiro atoms. The van der Waals surface area contributed by atoms with Gasteiger partial charge in [0.1, 0.15) is 17.5 Å². The van der Waals surface area contributed by atoms with Gasteiger partial charge in [-0.3, -0.25) is 4.79 Å². The fraction of sp³-hybridized carbons (Fsp3) is 0.719. The molecule has 1 aromatic carbocycles. The summed E-state index contributed by atoms with van der Waals surface area (Å²) in [5, 5.41) is 1.09. The van der Waals surface area contributed by atoms with E-state index in [-0.39, 0.29) is 29.6 Å². The van der Waals surface area contributed by atoms with E-state index < -0.39 is 9.04 Å². The average Bonchev–Trinajstić information content (AvgIpc) is 3.61. The van der Waals surface area contributed by atoms with E-state index in [1.54, 1.807) is 0 Å². The molecular formula is C32H50N3O3Si. The number of piperidine rings is 1. The Balaban J connectivity index is 1.49. The predicted octanol–water partition coefficient (Wildman–Crippen LogP) is 6.62. The van der Waals surface area contributed by atoms with Crippen LogP contribution >= 0.6 is 0 Å². The van der Waals surface area contributed by atoms with Gasteiger partial charge in [0.15, 0.2) is 0 Å². The van der Waals surface area contributed by atoms with Crippen LogP contribution in [-0.4, -0.2) is 73.7 Å². The van der Waals surface area contributed by atoms with Crippen molar-refractivity contribution in [2.45, 2.75) is 105 Å². The molecule has 2 aliphatic heterocycles. The number of carbonyl (C=O) groups is 1. The second-order valence-corrected chi connectivity index (χ2v) is 15.8. The highest BCUT2D eigenvalue weighted by Crippen LogP contribution is 2.44. The number of benzene rings is 1. The highest BCUT2D eigenvalue weighted by molar-refractivity contribution is 6.48. The van der Waals surface area contributed by atoms with Crippen LogP contribution in [0.1, 0.15) is 83.8 Å². The van der Waals surface area contributed by atoms with E-state index in [2.05, 4.69) is 93.3 Å². The molecule has 1 saturated heterocycles. The van der Waals surface area contributed by atoms with Crippen molar-refractivity contribution in [3.63, 3.8) is 0 Å². The Morgan fingerprint density at radius 1 is 1.03 bits per heavy atom. The number of fused-ring (bicyclic) bond motifs is 3. The molecule has 3 aliphatic rings. The molecule has 5 rings (SSSR count). The van der Waals surface area contributed by atoms with Crippen molar-refractivity contribution in [3.8, 4) is 5.75 Å². The third-order valence-electron chi connectivity index (χ3n) is 9.67. The van der Waals surface area contributed by atoms with Crippen molar-refractivity contribution in [2.24, 2.45) is 17.3 Å². The van der Waals surface area contributed by atoms with Gasteiger partial charge >= 0.3 is 0 Å². The predicted molar refractivity (Wildman–Crippen MR) is 161 cm³/mol. The van der Waals surface area contributed by atoms with Crippen LogP contribution < -0.4 is 4.74 Å². The first kappa shape index (κ1) is 28.7. The summed E-state index contributed by atoms with van der Waals surface area (Å²) in [5.41, 5.74) is 1.88. The number of hydrogen-bond acceptors (Lipinski definition) is 4. The third kappa shape index (κ3) is 5.96. The van der Waals surface area contributed by atoms with Gasteiger partial charge in [-0.1, -0.05) is 27.7 Å². The van der Waals surface area contributed by atoms with Crippen molar-refractivity contribution in [1.82, 2.24) is 14.4 Å². The molecule has 6 nitrogen and oxygen atoms in total. The van der Waals surface area contributed by atoms with Gasteiger partial charge in [0.25, 0.3) is 5.91 Å². The number of nitrogens with zero attached hydrogens (tertiary/aromatic N) is 3. The molecule has 3 heterocycles. The van der Waals surface area contributed by atoms with Gasteiger partial charge < -0.3 is 23.5 Å². The first-order chi connectivity index (χ1) is 18.5. The SMILES string of the molecule is CC(C)N1CCC(Oc2ccc3c(c2)cc2n3[C@H](C(O[Si](C)C)C(C)(C)C(C)C)CN(CC3CC3)C2=O)CC1. The van der Waals surface area contributed by atoms with Gasteiger partial charge in [-0.05, 0) is 94.1 Å². The van der Waals surface area contributed by atoms with Gasteiger partial charge in [-0.2, -0.15) is 0 Å². The molecule has 7 heteroatoms. The zero-order chi connectivity index (χ0) is 28.1. The monoisotopic (exact) mass is 552 g/mol. The van der Waals surface area contributed by atoms with Crippen LogP contribution in [0.3, 0.4) is 0 Å². The summed E-state index contributed by atoms with van der Waals surface area (Å²) in [6, 6.07) is 9.23. The highest BCUT2D eigenvalue weighted by atomic mass is 28.3. The van der Waals surface area contributed by atoms with Gasteiger partial charge in [-0.25, -0.2) is 0 Å². The normalized spacial score (nSPS) is 22.4. The second kappa shape index (κ2) is 11.2. The lowest BCUT2D eigenvalue weighted by Gasteiger charge is -2.47. The molecule has 1 radical (unpaired) electrons. The summed E-state index contributed by atoms with van der Waals surface area (Å²) < 4.78 is 15.7. The lowest BCUT2D eigenvalue weighted by Crippen LogP contribution is -2.53. The van der Waals surface area contributed by atoms with E-state index in [1.165, 1.54) is 12.8 Å². The van der Waals surface area contributed by atoms with Crippen molar-refractivity contribution >= 4 is 25.9 Å². The van der Waals surface area contributed by atoms with Crippen LogP contribution in [0.25, 0.3) is 10.9 Å². The molecule has 1 unspecified atom stereocenters. The summed E-state index contributed by atoms with van der Waals surface area (Å²) in [5.74, 6) is 2.18. The summed E-state index contributed by atoms with van der Waals surface area (Å²) in [7, 11) is -0.948. The van der Waals surface area contributed by atoms with Crippen molar-refractivity contribution in [1.29, 1.82) is 0 Å². The van der Waals surface area contributed by atoms with Crippen LogP contribution in [0.2, 0.25) is 13.1 Å². The molecule has 1 amide bonds. The smallest absolute Gasteiger partial charge is 0.270 e. The molecule has 39 heavy (non-hydrogen) atoms. The molecule has 1 saturated carbocycles. The summed E-state index contributed by atoms with van der Waals surface area (Å²) >= 11 is 0. The Labute approximate surface area is 237 Å². The summed E-state index contributed by atoms with van der Waals surface area (Å²) in [6.07, 6.45) is 4.86. The number of carbonyl (C=O) groups excluding carboxylic acids is 1. The highest BCUT2D eigenvalue weighted by Gasteiger charge is 2.45. The van der Waals surface area contributed by atoms with E-state index in [0.717, 1.165) is 61.4 Å². The van der Waals surface area contributed by atoms with E-state index in [1.807, 2.05) is 0 Å². The first-order valence-corrected chi connectivity index (χ1v) is 17.7. The quantitative estimate of drug-likeness (QED) is 0.311. The zero-order valence-corrected chi connectivity index (χ0v) is 26.5. The van der Waals surface area contributed by atoms with Gasteiger partial charge in [0.05, 0.1) is 12.1 Å². The zero-order valence-electron chi connectivity index (χ0n) is 25.5. The Bertz CT molecular complexity index is 1160. The summed E-state index contributed by atoms with van der Waals surface area (Å²) in [4.78, 5) is 18.5. The van der Waals surface area contributed by atoms with E-state index >= 15 is 0 Å². The lowest BCUT2D eigenvalue weighted by atomic mass is 9.73. The Hall–Kier alpha value is -1.83. The number of ether oxygens (including phenoxy) is 1. The molecule has 1 aliphatic carbocycles. The van der Waals surface area contributed by atoms with Crippen LogP contribution in [0.5, 0.6) is 5.75 Å². The van der Waals surface area contributed by atoms with Crippen molar-refractivity contribution in [3.05, 3.63) is 30.0 Å². The van der Waals surface area contributed by atoms with E-state index in [4.69, 9.17) is 9.16 Å². The maximum atomic E-state index is 13.8. The summed E-state index contributed by atoms with van der Waals surface area (Å²) in [6.45, 7) is 22.0. The van der Waals surface area contributed by atoms with E-state index in [9.17, 15) is 4.79 Å². The fourth-order valence-electron chi connectivity index (χ4n) is 6.37. The molecule has 0 N–H and O–H groups in total. The number of amides is 1. The largest absolute Gasteiger partial charge is 0.490 e. The fourth-order valence-corrected chi connectivity index (χ4v) is 7.34. The second-order valence-electron chi connectivity index (χ2n) is 13.7.